The lowest BCUT2D eigenvalue weighted by Crippen LogP contribution is -2.34. The second kappa shape index (κ2) is 6.45. The van der Waals surface area contributed by atoms with Crippen molar-refractivity contribution in [3.8, 4) is 10.6 Å². The lowest BCUT2D eigenvalue weighted by molar-refractivity contribution is 0.273. The summed E-state index contributed by atoms with van der Waals surface area (Å²) in [5.41, 5.74) is 5.89. The molecule has 2 heterocycles. The second-order valence-electron chi connectivity index (χ2n) is 5.99. The molecule has 124 valence electrons. The molecule has 3 nitrogen and oxygen atoms in total. The van der Waals surface area contributed by atoms with E-state index in [1.54, 1.807) is 6.07 Å². The van der Waals surface area contributed by atoms with E-state index in [-0.39, 0.29) is 0 Å². The standard InChI is InChI=1S/C18H17F2N3S/c19-14-6-4-12(10-15(14)20)18-21-16-11-13(5-7-17(16)24-18)22-23-8-2-1-3-9-23/h4-7,10-11,22H,1-3,8-9H2. The summed E-state index contributed by atoms with van der Waals surface area (Å²) in [6.45, 7) is 2.10. The van der Waals surface area contributed by atoms with Crippen molar-refractivity contribution in [2.45, 2.75) is 19.3 Å². The van der Waals surface area contributed by atoms with E-state index >= 15 is 0 Å². The number of piperidine rings is 1. The Balaban J connectivity index is 1.61. The summed E-state index contributed by atoms with van der Waals surface area (Å²) in [6.07, 6.45) is 3.72. The van der Waals surface area contributed by atoms with Crippen LogP contribution in [0.3, 0.4) is 0 Å². The van der Waals surface area contributed by atoms with E-state index in [1.165, 1.54) is 36.7 Å². The number of rotatable bonds is 3. The van der Waals surface area contributed by atoms with Crippen LogP contribution >= 0.6 is 11.3 Å². The number of hydrogen-bond acceptors (Lipinski definition) is 4. The van der Waals surface area contributed by atoms with E-state index in [4.69, 9.17) is 0 Å². The monoisotopic (exact) mass is 345 g/mol. The van der Waals surface area contributed by atoms with E-state index in [1.807, 2.05) is 18.2 Å². The van der Waals surface area contributed by atoms with Crippen LogP contribution in [0.2, 0.25) is 0 Å². The molecule has 24 heavy (non-hydrogen) atoms. The molecule has 0 saturated carbocycles. The van der Waals surface area contributed by atoms with Crippen molar-refractivity contribution in [3.63, 3.8) is 0 Å². The van der Waals surface area contributed by atoms with Crippen molar-refractivity contribution in [1.82, 2.24) is 9.99 Å². The number of nitrogens with one attached hydrogen (secondary N) is 1. The zero-order chi connectivity index (χ0) is 16.5. The summed E-state index contributed by atoms with van der Waals surface area (Å²) in [4.78, 5) is 4.58. The second-order valence-corrected chi connectivity index (χ2v) is 7.02. The Morgan fingerprint density at radius 2 is 1.79 bits per heavy atom. The van der Waals surface area contributed by atoms with Crippen LogP contribution in [0, 0.1) is 11.6 Å². The van der Waals surface area contributed by atoms with Gasteiger partial charge in [-0.15, -0.1) is 11.3 Å². The summed E-state index contributed by atoms with van der Waals surface area (Å²) < 4.78 is 27.5. The molecule has 1 aromatic heterocycles. The van der Waals surface area contributed by atoms with Crippen molar-refractivity contribution >= 4 is 27.2 Å². The third kappa shape index (κ3) is 3.12. The number of fused-ring (bicyclic) bond motifs is 1. The van der Waals surface area contributed by atoms with Gasteiger partial charge >= 0.3 is 0 Å². The highest BCUT2D eigenvalue weighted by atomic mass is 32.1. The average molecular weight is 345 g/mol. The van der Waals surface area contributed by atoms with E-state index in [0.717, 1.165) is 35.1 Å². The molecule has 1 saturated heterocycles. The van der Waals surface area contributed by atoms with Crippen molar-refractivity contribution < 1.29 is 8.78 Å². The lowest BCUT2D eigenvalue weighted by atomic mass is 10.2. The van der Waals surface area contributed by atoms with Gasteiger partial charge in [0.15, 0.2) is 11.6 Å². The fourth-order valence-electron chi connectivity index (χ4n) is 2.94. The number of benzene rings is 2. The van der Waals surface area contributed by atoms with Crippen LogP contribution in [0.5, 0.6) is 0 Å². The van der Waals surface area contributed by atoms with E-state index in [0.29, 0.717) is 10.6 Å². The summed E-state index contributed by atoms with van der Waals surface area (Å²) in [7, 11) is 0. The molecule has 0 atom stereocenters. The van der Waals surface area contributed by atoms with Crippen LogP contribution in [-0.4, -0.2) is 23.1 Å². The number of nitrogens with zero attached hydrogens (tertiary/aromatic N) is 2. The Morgan fingerprint density at radius 1 is 0.958 bits per heavy atom. The Morgan fingerprint density at radius 3 is 2.58 bits per heavy atom. The Labute approximate surface area is 142 Å². The Bertz CT molecular complexity index is 872. The van der Waals surface area contributed by atoms with Crippen molar-refractivity contribution in [3.05, 3.63) is 48.0 Å². The van der Waals surface area contributed by atoms with Crippen molar-refractivity contribution in [1.29, 1.82) is 0 Å². The van der Waals surface area contributed by atoms with Gasteiger partial charge in [-0.2, -0.15) is 0 Å². The highest BCUT2D eigenvalue weighted by molar-refractivity contribution is 7.21. The van der Waals surface area contributed by atoms with Gasteiger partial charge in [0.2, 0.25) is 0 Å². The summed E-state index contributed by atoms with van der Waals surface area (Å²) in [5, 5.41) is 2.92. The van der Waals surface area contributed by atoms with Crippen molar-refractivity contribution in [2.24, 2.45) is 0 Å². The fraction of sp³-hybridized carbons (Fsp3) is 0.278. The normalized spacial score (nSPS) is 15.8. The van der Waals surface area contributed by atoms with Gasteiger partial charge in [0.25, 0.3) is 0 Å². The minimum atomic E-state index is -0.848. The quantitative estimate of drug-likeness (QED) is 0.720. The fourth-order valence-corrected chi connectivity index (χ4v) is 3.88. The average Bonchev–Trinajstić information content (AvgIpc) is 3.01. The first-order valence-corrected chi connectivity index (χ1v) is 8.88. The molecule has 0 bridgehead atoms. The third-order valence-electron chi connectivity index (χ3n) is 4.20. The maximum absolute atomic E-state index is 13.4. The summed E-state index contributed by atoms with van der Waals surface area (Å²) in [6, 6.07) is 9.94. The largest absolute Gasteiger partial charge is 0.319 e. The molecule has 1 fully saturated rings. The van der Waals surface area contributed by atoms with Gasteiger partial charge in [0.1, 0.15) is 5.01 Å². The molecular weight excluding hydrogens is 328 g/mol. The molecule has 0 amide bonds. The van der Waals surface area contributed by atoms with Crippen LogP contribution in [-0.2, 0) is 0 Å². The van der Waals surface area contributed by atoms with Gasteiger partial charge in [0.05, 0.1) is 15.9 Å². The molecular formula is C18H17F2N3S. The van der Waals surface area contributed by atoms with Gasteiger partial charge in [-0.25, -0.2) is 18.8 Å². The summed E-state index contributed by atoms with van der Waals surface area (Å²) in [5.74, 6) is -1.69. The number of hydrazine groups is 1. The molecule has 2 aromatic carbocycles. The lowest BCUT2D eigenvalue weighted by Gasteiger charge is -2.27. The minimum Gasteiger partial charge on any atom is -0.319 e. The molecule has 0 aliphatic carbocycles. The van der Waals surface area contributed by atoms with Gasteiger partial charge < -0.3 is 5.43 Å². The number of thiazole rings is 1. The number of anilines is 1. The first-order chi connectivity index (χ1) is 11.7. The molecule has 1 aliphatic rings. The molecule has 0 unspecified atom stereocenters. The molecule has 1 aliphatic heterocycles. The van der Waals surface area contributed by atoms with Gasteiger partial charge in [0, 0.05) is 18.7 Å². The zero-order valence-corrected chi connectivity index (χ0v) is 13.9. The van der Waals surface area contributed by atoms with Gasteiger partial charge in [-0.1, -0.05) is 6.42 Å². The van der Waals surface area contributed by atoms with Crippen LogP contribution in [0.4, 0.5) is 14.5 Å². The van der Waals surface area contributed by atoms with Crippen LogP contribution in [0.15, 0.2) is 36.4 Å². The topological polar surface area (TPSA) is 28.2 Å². The van der Waals surface area contributed by atoms with E-state index < -0.39 is 11.6 Å². The maximum atomic E-state index is 13.4. The van der Waals surface area contributed by atoms with Crippen LogP contribution in [0.25, 0.3) is 20.8 Å². The van der Waals surface area contributed by atoms with Crippen LogP contribution < -0.4 is 5.43 Å². The SMILES string of the molecule is Fc1ccc(-c2nc3cc(NN4CCCCC4)ccc3s2)cc1F. The third-order valence-corrected chi connectivity index (χ3v) is 5.28. The van der Waals surface area contributed by atoms with E-state index in [9.17, 15) is 8.78 Å². The Kier molecular flexibility index (Phi) is 4.16. The number of hydrogen-bond donors (Lipinski definition) is 1. The number of aromatic nitrogens is 1. The molecule has 0 radical (unpaired) electrons. The first kappa shape index (κ1) is 15.5. The minimum absolute atomic E-state index is 0.598. The highest BCUT2D eigenvalue weighted by Crippen LogP contribution is 2.32. The highest BCUT2D eigenvalue weighted by Gasteiger charge is 2.12. The van der Waals surface area contributed by atoms with Gasteiger partial charge in [-0.05, 0) is 49.2 Å². The maximum Gasteiger partial charge on any atom is 0.159 e. The summed E-state index contributed by atoms with van der Waals surface area (Å²) >= 11 is 1.48. The predicted octanol–water partition coefficient (Wildman–Crippen LogP) is 5.05. The molecule has 1 N–H and O–H groups in total. The van der Waals surface area contributed by atoms with Gasteiger partial charge in [-0.3, -0.25) is 0 Å². The van der Waals surface area contributed by atoms with Crippen molar-refractivity contribution in [2.75, 3.05) is 18.5 Å². The molecule has 6 heteroatoms. The molecule has 0 spiro atoms. The Hall–Kier alpha value is -2.05. The van der Waals surface area contributed by atoms with E-state index in [2.05, 4.69) is 15.4 Å². The first-order valence-electron chi connectivity index (χ1n) is 8.07. The number of halogens is 2. The smallest absolute Gasteiger partial charge is 0.159 e. The predicted molar refractivity (Wildman–Crippen MR) is 94.0 cm³/mol. The molecule has 4 rings (SSSR count). The van der Waals surface area contributed by atoms with Crippen LogP contribution in [0.1, 0.15) is 19.3 Å². The zero-order valence-electron chi connectivity index (χ0n) is 13.1. The molecule has 3 aromatic rings.